The molecule has 0 fully saturated rings. The number of aryl methyl sites for hydroxylation is 1. The highest BCUT2D eigenvalue weighted by Crippen LogP contribution is 2.19. The number of rotatable bonds is 2. The summed E-state index contributed by atoms with van der Waals surface area (Å²) in [6, 6.07) is 5.77. The summed E-state index contributed by atoms with van der Waals surface area (Å²) in [5.74, 6) is 0. The van der Waals surface area contributed by atoms with E-state index in [0.29, 0.717) is 0 Å². The maximum absolute atomic E-state index is 5.94. The van der Waals surface area contributed by atoms with Crippen molar-refractivity contribution in [3.63, 3.8) is 0 Å². The molecule has 2 aromatic rings. The van der Waals surface area contributed by atoms with Crippen LogP contribution in [0.3, 0.4) is 0 Å². The van der Waals surface area contributed by atoms with Gasteiger partial charge in [-0.2, -0.15) is 0 Å². The fraction of sp³-hybridized carbons (Fsp3) is 0.300. The molecule has 4 heteroatoms. The van der Waals surface area contributed by atoms with Gasteiger partial charge in [-0.05, 0) is 36.8 Å². The molecule has 1 aromatic carbocycles. The molecular formula is C10H11ClN2S. The van der Waals surface area contributed by atoms with Crippen LogP contribution in [0.1, 0.15) is 13.3 Å². The lowest BCUT2D eigenvalue weighted by atomic mass is 10.3. The highest BCUT2D eigenvalue weighted by atomic mass is 35.5. The van der Waals surface area contributed by atoms with Gasteiger partial charge in [0, 0.05) is 11.6 Å². The van der Waals surface area contributed by atoms with Crippen molar-refractivity contribution in [3.8, 4) is 0 Å². The summed E-state index contributed by atoms with van der Waals surface area (Å²) in [6.07, 6.45) is 1.06. The number of fused-ring (bicyclic) bond motifs is 1. The van der Waals surface area contributed by atoms with Crippen molar-refractivity contribution < 1.29 is 0 Å². The van der Waals surface area contributed by atoms with E-state index in [1.807, 2.05) is 18.2 Å². The second-order valence-electron chi connectivity index (χ2n) is 3.24. The number of halogens is 1. The SMILES string of the molecule is CCCn1c(=S)[nH]c2ccc(Cl)cc21. The molecule has 0 aliphatic rings. The van der Waals surface area contributed by atoms with E-state index in [1.165, 1.54) is 0 Å². The van der Waals surface area contributed by atoms with Crippen molar-refractivity contribution in [1.29, 1.82) is 0 Å². The van der Waals surface area contributed by atoms with Crippen LogP contribution in [0.4, 0.5) is 0 Å². The second kappa shape index (κ2) is 3.75. The second-order valence-corrected chi connectivity index (χ2v) is 4.07. The third-order valence-electron chi connectivity index (χ3n) is 2.18. The van der Waals surface area contributed by atoms with Crippen LogP contribution in [0.5, 0.6) is 0 Å². The van der Waals surface area contributed by atoms with Gasteiger partial charge in [0.25, 0.3) is 0 Å². The lowest BCUT2D eigenvalue weighted by Crippen LogP contribution is -1.95. The molecule has 0 amide bonds. The van der Waals surface area contributed by atoms with Crippen molar-refractivity contribution in [1.82, 2.24) is 9.55 Å². The molecule has 0 bridgehead atoms. The van der Waals surface area contributed by atoms with E-state index in [-0.39, 0.29) is 0 Å². The minimum absolute atomic E-state index is 0.747. The zero-order valence-electron chi connectivity index (χ0n) is 7.88. The summed E-state index contributed by atoms with van der Waals surface area (Å²) in [4.78, 5) is 3.16. The minimum atomic E-state index is 0.747. The van der Waals surface area contributed by atoms with Gasteiger partial charge in [-0.1, -0.05) is 18.5 Å². The van der Waals surface area contributed by atoms with Gasteiger partial charge in [-0.3, -0.25) is 0 Å². The first-order valence-electron chi connectivity index (χ1n) is 4.60. The summed E-state index contributed by atoms with van der Waals surface area (Å²) in [5, 5.41) is 0.747. The summed E-state index contributed by atoms with van der Waals surface area (Å²) >= 11 is 11.2. The summed E-state index contributed by atoms with van der Waals surface area (Å²) < 4.78 is 2.85. The molecule has 2 nitrogen and oxygen atoms in total. The van der Waals surface area contributed by atoms with Crippen LogP contribution in [-0.4, -0.2) is 9.55 Å². The molecule has 1 heterocycles. The fourth-order valence-corrected chi connectivity index (χ4v) is 2.04. The zero-order chi connectivity index (χ0) is 10.1. The van der Waals surface area contributed by atoms with Crippen molar-refractivity contribution in [2.75, 3.05) is 0 Å². The van der Waals surface area contributed by atoms with Crippen LogP contribution < -0.4 is 0 Å². The first kappa shape index (κ1) is 9.74. The van der Waals surface area contributed by atoms with E-state index >= 15 is 0 Å². The Morgan fingerprint density at radius 1 is 1.50 bits per heavy atom. The van der Waals surface area contributed by atoms with Crippen molar-refractivity contribution >= 4 is 34.9 Å². The third-order valence-corrected chi connectivity index (χ3v) is 2.74. The number of hydrogen-bond donors (Lipinski definition) is 1. The molecule has 1 aromatic heterocycles. The van der Waals surface area contributed by atoms with Crippen LogP contribution in [-0.2, 0) is 6.54 Å². The average Bonchev–Trinajstić information content (AvgIpc) is 2.45. The Balaban J connectivity index is 2.73. The lowest BCUT2D eigenvalue weighted by molar-refractivity contribution is 0.688. The molecule has 1 N–H and O–H groups in total. The minimum Gasteiger partial charge on any atom is -0.331 e. The van der Waals surface area contributed by atoms with E-state index in [1.54, 1.807) is 0 Å². The van der Waals surface area contributed by atoms with Crippen LogP contribution in [0.2, 0.25) is 5.02 Å². The van der Waals surface area contributed by atoms with E-state index in [2.05, 4.69) is 16.5 Å². The van der Waals surface area contributed by atoms with Gasteiger partial charge in [0.2, 0.25) is 0 Å². The van der Waals surface area contributed by atoms with Crippen LogP contribution in [0, 0.1) is 4.77 Å². The molecule has 0 saturated carbocycles. The Bertz CT molecular complexity index is 512. The van der Waals surface area contributed by atoms with Crippen LogP contribution in [0.25, 0.3) is 11.0 Å². The van der Waals surface area contributed by atoms with E-state index in [4.69, 9.17) is 23.8 Å². The van der Waals surface area contributed by atoms with Gasteiger partial charge < -0.3 is 9.55 Å². The van der Waals surface area contributed by atoms with E-state index in [0.717, 1.165) is 33.8 Å². The van der Waals surface area contributed by atoms with Crippen molar-refractivity contribution in [2.45, 2.75) is 19.9 Å². The molecule has 0 saturated heterocycles. The Morgan fingerprint density at radius 3 is 3.00 bits per heavy atom. The van der Waals surface area contributed by atoms with Gasteiger partial charge in [0.15, 0.2) is 4.77 Å². The van der Waals surface area contributed by atoms with Crippen LogP contribution >= 0.6 is 23.8 Å². The summed E-state index contributed by atoms with van der Waals surface area (Å²) in [7, 11) is 0. The fourth-order valence-electron chi connectivity index (χ4n) is 1.57. The highest BCUT2D eigenvalue weighted by Gasteiger charge is 2.03. The molecule has 0 aliphatic carbocycles. The number of aromatic nitrogens is 2. The molecule has 14 heavy (non-hydrogen) atoms. The Kier molecular flexibility index (Phi) is 2.61. The quantitative estimate of drug-likeness (QED) is 0.774. The number of hydrogen-bond acceptors (Lipinski definition) is 1. The average molecular weight is 227 g/mol. The van der Waals surface area contributed by atoms with Gasteiger partial charge >= 0.3 is 0 Å². The van der Waals surface area contributed by atoms with Crippen LogP contribution in [0.15, 0.2) is 18.2 Å². The number of benzene rings is 1. The molecule has 74 valence electrons. The molecule has 2 rings (SSSR count). The highest BCUT2D eigenvalue weighted by molar-refractivity contribution is 7.71. The number of nitrogens with zero attached hydrogens (tertiary/aromatic N) is 1. The molecule has 0 spiro atoms. The summed E-state index contributed by atoms with van der Waals surface area (Å²) in [6.45, 7) is 3.06. The Morgan fingerprint density at radius 2 is 2.29 bits per heavy atom. The number of imidazole rings is 1. The predicted molar refractivity (Wildman–Crippen MR) is 62.4 cm³/mol. The van der Waals surface area contributed by atoms with Crippen molar-refractivity contribution in [3.05, 3.63) is 28.0 Å². The molecule has 0 aliphatic heterocycles. The maximum Gasteiger partial charge on any atom is 0.178 e. The summed E-state index contributed by atoms with van der Waals surface area (Å²) in [5.41, 5.74) is 2.14. The largest absolute Gasteiger partial charge is 0.331 e. The number of nitrogens with one attached hydrogen (secondary N) is 1. The monoisotopic (exact) mass is 226 g/mol. The molecule has 0 atom stereocenters. The zero-order valence-corrected chi connectivity index (χ0v) is 9.45. The number of aromatic amines is 1. The standard InChI is InChI=1S/C10H11ClN2S/c1-2-5-13-9-6-7(11)3-4-8(9)12-10(13)14/h3-4,6H,2,5H2,1H3,(H,12,14). The van der Waals surface area contributed by atoms with E-state index < -0.39 is 0 Å². The Labute approximate surface area is 92.5 Å². The molecule has 0 radical (unpaired) electrons. The number of H-pyrrole nitrogens is 1. The van der Waals surface area contributed by atoms with Crippen molar-refractivity contribution in [2.24, 2.45) is 0 Å². The molecular weight excluding hydrogens is 216 g/mol. The van der Waals surface area contributed by atoms with Gasteiger partial charge in [0.05, 0.1) is 11.0 Å². The predicted octanol–water partition coefficient (Wildman–Crippen LogP) is 3.76. The first-order chi connectivity index (χ1) is 6.72. The maximum atomic E-state index is 5.94. The Hall–Kier alpha value is -0.800. The van der Waals surface area contributed by atoms with E-state index in [9.17, 15) is 0 Å². The smallest absolute Gasteiger partial charge is 0.178 e. The van der Waals surface area contributed by atoms with Gasteiger partial charge in [-0.25, -0.2) is 0 Å². The first-order valence-corrected chi connectivity index (χ1v) is 5.39. The molecule has 0 unspecified atom stereocenters. The topological polar surface area (TPSA) is 20.7 Å². The van der Waals surface area contributed by atoms with Gasteiger partial charge in [0.1, 0.15) is 0 Å². The normalized spacial score (nSPS) is 11.0. The van der Waals surface area contributed by atoms with Gasteiger partial charge in [-0.15, -0.1) is 0 Å². The third kappa shape index (κ3) is 1.57. The lowest BCUT2D eigenvalue weighted by Gasteiger charge is -2.01.